The fraction of sp³-hybridized carbons (Fsp3) is 0.308. The minimum atomic E-state index is 0.535. The molecule has 0 atom stereocenters. The number of oxazole rings is 1. The van der Waals surface area contributed by atoms with E-state index in [0.29, 0.717) is 18.2 Å². The van der Waals surface area contributed by atoms with Gasteiger partial charge in [0.2, 0.25) is 0 Å². The first-order chi connectivity index (χ1) is 7.69. The number of aryl methyl sites for hydroxylation is 3. The Labute approximate surface area is 100 Å². The fourth-order valence-corrected chi connectivity index (χ4v) is 1.92. The second-order valence-corrected chi connectivity index (χ2v) is 4.31. The zero-order valence-electron chi connectivity index (χ0n) is 9.46. The van der Waals surface area contributed by atoms with Crippen LogP contribution in [0.25, 0.3) is 11.3 Å². The molecule has 0 aliphatic heterocycles. The molecule has 0 fully saturated rings. The summed E-state index contributed by atoms with van der Waals surface area (Å²) in [5, 5.41) is 0. The maximum atomic E-state index is 5.64. The number of aromatic nitrogens is 1. The lowest BCUT2D eigenvalue weighted by Crippen LogP contribution is -1.83. The maximum absolute atomic E-state index is 5.64. The topological polar surface area (TPSA) is 26.0 Å². The van der Waals surface area contributed by atoms with Crippen LogP contribution in [0.1, 0.15) is 17.0 Å². The van der Waals surface area contributed by atoms with Crippen molar-refractivity contribution in [3.05, 3.63) is 41.4 Å². The Morgan fingerprint density at radius 1 is 1.19 bits per heavy atom. The molecule has 2 aromatic rings. The first-order valence-electron chi connectivity index (χ1n) is 5.28. The Bertz CT molecular complexity index is 470. The van der Waals surface area contributed by atoms with E-state index in [9.17, 15) is 0 Å². The Hall–Kier alpha value is -1.28. The first kappa shape index (κ1) is 11.2. The monoisotopic (exact) mass is 235 g/mol. The normalized spacial score (nSPS) is 10.7. The summed E-state index contributed by atoms with van der Waals surface area (Å²) in [6.45, 7) is 4.15. The lowest BCUT2D eigenvalue weighted by molar-refractivity contribution is 0.514. The fourth-order valence-electron chi connectivity index (χ4n) is 1.76. The van der Waals surface area contributed by atoms with Gasteiger partial charge in [-0.05, 0) is 26.0 Å². The minimum absolute atomic E-state index is 0.535. The zero-order chi connectivity index (χ0) is 11.5. The molecule has 0 N–H and O–H groups in total. The van der Waals surface area contributed by atoms with Gasteiger partial charge in [0.25, 0.3) is 0 Å². The van der Waals surface area contributed by atoms with Crippen LogP contribution in [0.2, 0.25) is 0 Å². The molecular formula is C13H14ClNO. The number of alkyl halides is 1. The van der Waals surface area contributed by atoms with E-state index in [1.165, 1.54) is 11.1 Å². The van der Waals surface area contributed by atoms with Crippen LogP contribution in [0.15, 0.2) is 28.8 Å². The molecule has 0 aliphatic carbocycles. The molecule has 1 aromatic heterocycles. The molecule has 1 heterocycles. The quantitative estimate of drug-likeness (QED) is 0.758. The van der Waals surface area contributed by atoms with Crippen molar-refractivity contribution in [1.29, 1.82) is 0 Å². The second-order valence-electron chi connectivity index (χ2n) is 3.93. The third kappa shape index (κ3) is 2.45. The standard InChI is InChI=1S/C13H14ClNO/c1-9-5-10(2)7-11(6-9)12-8-15-13(16-12)3-4-14/h5-8H,3-4H2,1-2H3. The van der Waals surface area contributed by atoms with E-state index >= 15 is 0 Å². The molecule has 0 spiro atoms. The summed E-state index contributed by atoms with van der Waals surface area (Å²) in [5.41, 5.74) is 3.53. The molecule has 3 heteroatoms. The summed E-state index contributed by atoms with van der Waals surface area (Å²) in [6, 6.07) is 6.33. The van der Waals surface area contributed by atoms with E-state index in [2.05, 4.69) is 37.0 Å². The largest absolute Gasteiger partial charge is 0.441 e. The lowest BCUT2D eigenvalue weighted by Gasteiger charge is -2.01. The SMILES string of the molecule is Cc1cc(C)cc(-c2cnc(CCCl)o2)c1. The van der Waals surface area contributed by atoms with E-state index in [4.69, 9.17) is 16.0 Å². The van der Waals surface area contributed by atoms with Crippen molar-refractivity contribution >= 4 is 11.6 Å². The molecule has 0 saturated carbocycles. The van der Waals surface area contributed by atoms with Crippen LogP contribution in [-0.2, 0) is 6.42 Å². The van der Waals surface area contributed by atoms with E-state index in [0.717, 1.165) is 11.3 Å². The van der Waals surface area contributed by atoms with Crippen molar-refractivity contribution < 1.29 is 4.42 Å². The van der Waals surface area contributed by atoms with E-state index < -0.39 is 0 Å². The van der Waals surface area contributed by atoms with E-state index in [-0.39, 0.29) is 0 Å². The highest BCUT2D eigenvalue weighted by molar-refractivity contribution is 6.17. The van der Waals surface area contributed by atoms with Crippen molar-refractivity contribution in [2.75, 3.05) is 5.88 Å². The zero-order valence-corrected chi connectivity index (χ0v) is 10.2. The Morgan fingerprint density at radius 2 is 1.88 bits per heavy atom. The number of halogens is 1. The summed E-state index contributed by atoms with van der Waals surface area (Å²) in [4.78, 5) is 4.19. The van der Waals surface area contributed by atoms with E-state index in [1.54, 1.807) is 6.20 Å². The van der Waals surface area contributed by atoms with Gasteiger partial charge in [0, 0.05) is 17.9 Å². The highest BCUT2D eigenvalue weighted by atomic mass is 35.5. The minimum Gasteiger partial charge on any atom is -0.441 e. The average Bonchev–Trinajstić information content (AvgIpc) is 2.65. The third-order valence-electron chi connectivity index (χ3n) is 2.37. The molecule has 2 nitrogen and oxygen atoms in total. The predicted octanol–water partition coefficient (Wildman–Crippen LogP) is 3.74. The number of rotatable bonds is 3. The number of hydrogen-bond acceptors (Lipinski definition) is 2. The van der Waals surface area contributed by atoms with Gasteiger partial charge in [-0.1, -0.05) is 17.2 Å². The number of benzene rings is 1. The summed E-state index contributed by atoms with van der Waals surface area (Å²) in [7, 11) is 0. The Morgan fingerprint density at radius 3 is 2.50 bits per heavy atom. The molecule has 0 unspecified atom stereocenters. The molecule has 16 heavy (non-hydrogen) atoms. The van der Waals surface area contributed by atoms with Gasteiger partial charge in [-0.25, -0.2) is 4.98 Å². The van der Waals surface area contributed by atoms with Crippen molar-refractivity contribution in [3.8, 4) is 11.3 Å². The number of hydrogen-bond donors (Lipinski definition) is 0. The maximum Gasteiger partial charge on any atom is 0.196 e. The lowest BCUT2D eigenvalue weighted by atomic mass is 10.1. The van der Waals surface area contributed by atoms with Gasteiger partial charge in [0.1, 0.15) is 0 Å². The highest BCUT2D eigenvalue weighted by Crippen LogP contribution is 2.23. The molecular weight excluding hydrogens is 222 g/mol. The Balaban J connectivity index is 2.34. The molecule has 0 radical (unpaired) electrons. The van der Waals surface area contributed by atoms with Crippen molar-refractivity contribution in [3.63, 3.8) is 0 Å². The van der Waals surface area contributed by atoms with Crippen LogP contribution in [0.3, 0.4) is 0 Å². The summed E-state index contributed by atoms with van der Waals surface area (Å²) in [5.74, 6) is 2.04. The molecule has 0 amide bonds. The van der Waals surface area contributed by atoms with Gasteiger partial charge in [-0.3, -0.25) is 0 Å². The van der Waals surface area contributed by atoms with Gasteiger partial charge >= 0.3 is 0 Å². The van der Waals surface area contributed by atoms with Gasteiger partial charge in [0.05, 0.1) is 6.20 Å². The predicted molar refractivity (Wildman–Crippen MR) is 65.8 cm³/mol. The molecule has 1 aromatic carbocycles. The van der Waals surface area contributed by atoms with Crippen LogP contribution in [0, 0.1) is 13.8 Å². The second kappa shape index (κ2) is 4.71. The third-order valence-corrected chi connectivity index (χ3v) is 2.56. The smallest absolute Gasteiger partial charge is 0.196 e. The van der Waals surface area contributed by atoms with Gasteiger partial charge < -0.3 is 4.42 Å². The molecule has 84 valence electrons. The van der Waals surface area contributed by atoms with Crippen LogP contribution >= 0.6 is 11.6 Å². The molecule has 0 aliphatic rings. The van der Waals surface area contributed by atoms with E-state index in [1.807, 2.05) is 0 Å². The summed E-state index contributed by atoms with van der Waals surface area (Å²) in [6.07, 6.45) is 2.43. The Kier molecular flexibility index (Phi) is 3.30. The van der Waals surface area contributed by atoms with Gasteiger partial charge in [-0.15, -0.1) is 11.6 Å². The van der Waals surface area contributed by atoms with Crippen LogP contribution in [-0.4, -0.2) is 10.9 Å². The van der Waals surface area contributed by atoms with Gasteiger partial charge in [0.15, 0.2) is 11.7 Å². The van der Waals surface area contributed by atoms with Gasteiger partial charge in [-0.2, -0.15) is 0 Å². The number of nitrogens with zero attached hydrogens (tertiary/aromatic N) is 1. The molecule has 0 bridgehead atoms. The summed E-state index contributed by atoms with van der Waals surface area (Å²) < 4.78 is 5.62. The summed E-state index contributed by atoms with van der Waals surface area (Å²) >= 11 is 5.64. The first-order valence-corrected chi connectivity index (χ1v) is 5.82. The average molecular weight is 236 g/mol. The molecule has 2 rings (SSSR count). The molecule has 0 saturated heterocycles. The van der Waals surface area contributed by atoms with Crippen molar-refractivity contribution in [2.45, 2.75) is 20.3 Å². The highest BCUT2D eigenvalue weighted by Gasteiger charge is 2.06. The van der Waals surface area contributed by atoms with Crippen LogP contribution in [0.5, 0.6) is 0 Å². The van der Waals surface area contributed by atoms with Crippen molar-refractivity contribution in [1.82, 2.24) is 4.98 Å². The van der Waals surface area contributed by atoms with Crippen LogP contribution in [0.4, 0.5) is 0 Å². The van der Waals surface area contributed by atoms with Crippen LogP contribution < -0.4 is 0 Å². The van der Waals surface area contributed by atoms with Crippen molar-refractivity contribution in [2.24, 2.45) is 0 Å².